The number of carbonyl (C=O) groups excluding carboxylic acids is 1. The van der Waals surface area contributed by atoms with Gasteiger partial charge in [-0.05, 0) is 32.2 Å². The Morgan fingerprint density at radius 1 is 1.43 bits per heavy atom. The molecule has 0 radical (unpaired) electrons. The van der Waals surface area contributed by atoms with Crippen LogP contribution >= 0.6 is 0 Å². The van der Waals surface area contributed by atoms with Gasteiger partial charge in [0, 0.05) is 19.6 Å². The molecule has 0 spiro atoms. The number of hydrogen-bond acceptors (Lipinski definition) is 2. The summed E-state index contributed by atoms with van der Waals surface area (Å²) in [4.78, 5) is 15.8. The minimum Gasteiger partial charge on any atom is -0.330 e. The second-order valence-electron chi connectivity index (χ2n) is 4.21. The molecule has 2 N–H and O–H groups in total. The van der Waals surface area contributed by atoms with Crippen LogP contribution in [0, 0.1) is 0 Å². The quantitative estimate of drug-likeness (QED) is 0.672. The van der Waals surface area contributed by atoms with Crippen LogP contribution in [0.2, 0.25) is 0 Å². The summed E-state index contributed by atoms with van der Waals surface area (Å²) in [6.07, 6.45) is 4.45. The van der Waals surface area contributed by atoms with Crippen molar-refractivity contribution in [1.82, 2.24) is 9.80 Å². The fraction of sp³-hybridized carbons (Fsp3) is 0.900. The Kier molecular flexibility index (Phi) is 2.91. The lowest BCUT2D eigenvalue weighted by molar-refractivity contribution is 0.192. The van der Waals surface area contributed by atoms with Gasteiger partial charge in [-0.25, -0.2) is 4.79 Å². The predicted octanol–water partition coefficient (Wildman–Crippen LogP) is 0.625. The number of amides is 2. The summed E-state index contributed by atoms with van der Waals surface area (Å²) in [5.41, 5.74) is 5.43. The molecule has 2 rings (SSSR count). The fourth-order valence-corrected chi connectivity index (χ4v) is 2.43. The maximum atomic E-state index is 11.8. The number of urea groups is 1. The van der Waals surface area contributed by atoms with Crippen LogP contribution in [-0.2, 0) is 0 Å². The summed E-state index contributed by atoms with van der Waals surface area (Å²) < 4.78 is 0. The van der Waals surface area contributed by atoms with Gasteiger partial charge < -0.3 is 15.5 Å². The Morgan fingerprint density at radius 3 is 3.00 bits per heavy atom. The van der Waals surface area contributed by atoms with Crippen molar-refractivity contribution in [2.24, 2.45) is 5.73 Å². The SMILES string of the molecule is NCCCCN1C[C@@H]2CCCN2C1=O. The first-order valence-corrected chi connectivity index (χ1v) is 5.58. The van der Waals surface area contributed by atoms with E-state index in [-0.39, 0.29) is 6.03 Å². The molecule has 0 aromatic rings. The van der Waals surface area contributed by atoms with Crippen LogP contribution in [0.25, 0.3) is 0 Å². The van der Waals surface area contributed by atoms with Crippen LogP contribution in [0.5, 0.6) is 0 Å². The zero-order valence-corrected chi connectivity index (χ0v) is 8.61. The van der Waals surface area contributed by atoms with E-state index < -0.39 is 0 Å². The van der Waals surface area contributed by atoms with E-state index >= 15 is 0 Å². The molecule has 4 heteroatoms. The van der Waals surface area contributed by atoms with Gasteiger partial charge in [0.25, 0.3) is 0 Å². The number of fused-ring (bicyclic) bond motifs is 1. The second-order valence-corrected chi connectivity index (χ2v) is 4.21. The fourth-order valence-electron chi connectivity index (χ4n) is 2.43. The van der Waals surface area contributed by atoms with Gasteiger partial charge in [-0.15, -0.1) is 0 Å². The first kappa shape index (κ1) is 9.77. The van der Waals surface area contributed by atoms with Crippen LogP contribution < -0.4 is 5.73 Å². The molecule has 0 aliphatic carbocycles. The molecule has 0 bridgehead atoms. The van der Waals surface area contributed by atoms with Gasteiger partial charge in [-0.2, -0.15) is 0 Å². The highest BCUT2D eigenvalue weighted by molar-refractivity contribution is 5.77. The topological polar surface area (TPSA) is 49.6 Å². The van der Waals surface area contributed by atoms with E-state index in [2.05, 4.69) is 0 Å². The first-order valence-electron chi connectivity index (χ1n) is 5.58. The van der Waals surface area contributed by atoms with E-state index in [1.807, 2.05) is 9.80 Å². The Morgan fingerprint density at radius 2 is 2.29 bits per heavy atom. The Balaban J connectivity index is 1.81. The van der Waals surface area contributed by atoms with Crippen molar-refractivity contribution in [3.05, 3.63) is 0 Å². The highest BCUT2D eigenvalue weighted by atomic mass is 16.2. The van der Waals surface area contributed by atoms with Crippen molar-refractivity contribution in [2.75, 3.05) is 26.2 Å². The molecule has 0 unspecified atom stereocenters. The van der Waals surface area contributed by atoms with Crippen LogP contribution in [-0.4, -0.2) is 48.1 Å². The van der Waals surface area contributed by atoms with Gasteiger partial charge in [-0.1, -0.05) is 0 Å². The standard InChI is InChI=1S/C10H19N3O/c11-5-1-2-6-12-8-9-4-3-7-13(9)10(12)14/h9H,1-8,11H2/t9-/m0/s1. The molecule has 2 aliphatic rings. The van der Waals surface area contributed by atoms with Crippen molar-refractivity contribution in [2.45, 2.75) is 31.7 Å². The van der Waals surface area contributed by atoms with Crippen molar-refractivity contribution in [3.63, 3.8) is 0 Å². The maximum Gasteiger partial charge on any atom is 0.320 e. The number of nitrogens with two attached hydrogens (primary N) is 1. The van der Waals surface area contributed by atoms with Gasteiger partial charge in [-0.3, -0.25) is 0 Å². The monoisotopic (exact) mass is 197 g/mol. The van der Waals surface area contributed by atoms with E-state index in [4.69, 9.17) is 5.73 Å². The minimum atomic E-state index is 0.254. The van der Waals surface area contributed by atoms with Gasteiger partial charge in [0.1, 0.15) is 0 Å². The largest absolute Gasteiger partial charge is 0.330 e. The lowest BCUT2D eigenvalue weighted by Crippen LogP contribution is -2.32. The van der Waals surface area contributed by atoms with Crippen LogP contribution in [0.1, 0.15) is 25.7 Å². The molecule has 2 aliphatic heterocycles. The third-order valence-corrected chi connectivity index (χ3v) is 3.21. The zero-order valence-electron chi connectivity index (χ0n) is 8.61. The number of nitrogens with zero attached hydrogens (tertiary/aromatic N) is 2. The highest BCUT2D eigenvalue weighted by Crippen LogP contribution is 2.25. The molecule has 2 heterocycles. The summed E-state index contributed by atoms with van der Waals surface area (Å²) in [6.45, 7) is 3.54. The first-order chi connectivity index (χ1) is 6.83. The zero-order chi connectivity index (χ0) is 9.97. The minimum absolute atomic E-state index is 0.254. The van der Waals surface area contributed by atoms with E-state index in [0.717, 1.165) is 39.0 Å². The average Bonchev–Trinajstić information content (AvgIpc) is 2.72. The number of hydrogen-bond donors (Lipinski definition) is 1. The molecule has 2 fully saturated rings. The van der Waals surface area contributed by atoms with Crippen molar-refractivity contribution >= 4 is 6.03 Å². The Labute approximate surface area is 85.0 Å². The normalized spacial score (nSPS) is 26.1. The molecule has 80 valence electrons. The lowest BCUT2D eigenvalue weighted by Gasteiger charge is -2.16. The molecular formula is C10H19N3O. The van der Waals surface area contributed by atoms with Gasteiger partial charge in [0.05, 0.1) is 6.04 Å². The van der Waals surface area contributed by atoms with Crippen molar-refractivity contribution in [3.8, 4) is 0 Å². The van der Waals surface area contributed by atoms with E-state index in [9.17, 15) is 4.79 Å². The second kappa shape index (κ2) is 4.17. The molecule has 4 nitrogen and oxygen atoms in total. The van der Waals surface area contributed by atoms with Crippen LogP contribution in [0.15, 0.2) is 0 Å². The Bertz CT molecular complexity index is 219. The molecular weight excluding hydrogens is 178 g/mol. The van der Waals surface area contributed by atoms with Crippen LogP contribution in [0.3, 0.4) is 0 Å². The molecule has 0 aromatic carbocycles. The molecule has 0 aromatic heterocycles. The van der Waals surface area contributed by atoms with Gasteiger partial charge in [0.2, 0.25) is 0 Å². The van der Waals surface area contributed by atoms with E-state index in [0.29, 0.717) is 6.04 Å². The smallest absolute Gasteiger partial charge is 0.320 e. The van der Waals surface area contributed by atoms with Crippen molar-refractivity contribution < 1.29 is 4.79 Å². The van der Waals surface area contributed by atoms with E-state index in [1.165, 1.54) is 12.8 Å². The summed E-state index contributed by atoms with van der Waals surface area (Å²) in [5.74, 6) is 0. The van der Waals surface area contributed by atoms with Gasteiger partial charge in [0.15, 0.2) is 0 Å². The molecule has 2 amide bonds. The third kappa shape index (κ3) is 1.71. The highest BCUT2D eigenvalue weighted by Gasteiger charge is 2.39. The van der Waals surface area contributed by atoms with Crippen LogP contribution in [0.4, 0.5) is 4.79 Å². The summed E-state index contributed by atoms with van der Waals surface area (Å²) in [5, 5.41) is 0. The molecule has 1 atom stereocenters. The van der Waals surface area contributed by atoms with Gasteiger partial charge >= 0.3 is 6.03 Å². The third-order valence-electron chi connectivity index (χ3n) is 3.21. The molecule has 2 saturated heterocycles. The molecule has 0 saturated carbocycles. The lowest BCUT2D eigenvalue weighted by atomic mass is 10.2. The Hall–Kier alpha value is -0.770. The average molecular weight is 197 g/mol. The number of unbranched alkanes of at least 4 members (excludes halogenated alkanes) is 1. The summed E-state index contributed by atoms with van der Waals surface area (Å²) in [6, 6.07) is 0.768. The number of rotatable bonds is 4. The predicted molar refractivity (Wildman–Crippen MR) is 55.0 cm³/mol. The van der Waals surface area contributed by atoms with Crippen molar-refractivity contribution in [1.29, 1.82) is 0 Å². The maximum absolute atomic E-state index is 11.8. The number of carbonyl (C=O) groups is 1. The summed E-state index contributed by atoms with van der Waals surface area (Å²) >= 11 is 0. The summed E-state index contributed by atoms with van der Waals surface area (Å²) in [7, 11) is 0. The van der Waals surface area contributed by atoms with E-state index in [1.54, 1.807) is 0 Å². The molecule has 14 heavy (non-hydrogen) atoms.